The minimum absolute atomic E-state index is 0.0404. The van der Waals surface area contributed by atoms with Gasteiger partial charge >= 0.3 is 6.03 Å². The van der Waals surface area contributed by atoms with Crippen molar-refractivity contribution in [2.24, 2.45) is 5.92 Å². The van der Waals surface area contributed by atoms with E-state index in [0.717, 1.165) is 38.2 Å². The van der Waals surface area contributed by atoms with Crippen molar-refractivity contribution in [3.05, 3.63) is 29.3 Å². The molecule has 138 valence electrons. The van der Waals surface area contributed by atoms with Crippen molar-refractivity contribution in [1.82, 2.24) is 15.1 Å². The van der Waals surface area contributed by atoms with Crippen molar-refractivity contribution in [2.45, 2.75) is 38.6 Å². The molecule has 0 aromatic heterocycles. The summed E-state index contributed by atoms with van der Waals surface area (Å²) in [6.07, 6.45) is 4.28. The van der Waals surface area contributed by atoms with Crippen molar-refractivity contribution in [1.29, 1.82) is 0 Å². The van der Waals surface area contributed by atoms with Crippen LogP contribution in [0.2, 0.25) is 0 Å². The van der Waals surface area contributed by atoms with E-state index in [1.54, 1.807) is 0 Å². The molecule has 1 aromatic carbocycles. The molecular weight excluding hydrogens is 314 g/mol. The molecule has 1 atom stereocenters. The van der Waals surface area contributed by atoms with Gasteiger partial charge in [-0.1, -0.05) is 12.1 Å². The van der Waals surface area contributed by atoms with E-state index in [0.29, 0.717) is 12.5 Å². The first-order chi connectivity index (χ1) is 12.1. The van der Waals surface area contributed by atoms with E-state index in [1.165, 1.54) is 24.0 Å². The SMILES string of the molecule is CCOc1cccc2c1CC[C@@H]2NC(=O)N(C)CC1CCN(C)CC1. The summed E-state index contributed by atoms with van der Waals surface area (Å²) in [5.74, 6) is 1.59. The molecule has 2 aliphatic rings. The normalized spacial score (nSPS) is 21.0. The summed E-state index contributed by atoms with van der Waals surface area (Å²) < 4.78 is 5.73. The van der Waals surface area contributed by atoms with Gasteiger partial charge in [0.15, 0.2) is 0 Å². The van der Waals surface area contributed by atoms with Gasteiger partial charge in [0, 0.05) is 13.6 Å². The Kier molecular flexibility index (Phi) is 5.84. The number of amides is 2. The second-order valence-electron chi connectivity index (χ2n) is 7.42. The first-order valence-corrected chi connectivity index (χ1v) is 9.53. The molecule has 5 heteroatoms. The Morgan fingerprint density at radius 1 is 1.32 bits per heavy atom. The fraction of sp³-hybridized carbons (Fsp3) is 0.650. The molecule has 0 unspecified atom stereocenters. The number of carbonyl (C=O) groups is 1. The number of urea groups is 1. The number of rotatable bonds is 5. The lowest BCUT2D eigenvalue weighted by atomic mass is 9.97. The summed E-state index contributed by atoms with van der Waals surface area (Å²) in [5.41, 5.74) is 2.47. The van der Waals surface area contributed by atoms with Gasteiger partial charge < -0.3 is 19.9 Å². The molecule has 1 N–H and O–H groups in total. The first-order valence-electron chi connectivity index (χ1n) is 9.53. The maximum absolute atomic E-state index is 12.6. The standard InChI is InChI=1S/C20H31N3O2/c1-4-25-19-7-5-6-16-17(19)8-9-18(16)21-20(24)23(3)14-15-10-12-22(2)13-11-15/h5-7,15,18H,4,8-14H2,1-3H3,(H,21,24)/t18-/m0/s1. The van der Waals surface area contributed by atoms with Gasteiger partial charge in [-0.15, -0.1) is 0 Å². The summed E-state index contributed by atoms with van der Waals surface area (Å²) in [4.78, 5) is 16.9. The topological polar surface area (TPSA) is 44.8 Å². The number of nitrogens with one attached hydrogen (secondary N) is 1. The number of piperidine rings is 1. The largest absolute Gasteiger partial charge is 0.494 e. The average molecular weight is 345 g/mol. The smallest absolute Gasteiger partial charge is 0.317 e. The highest BCUT2D eigenvalue weighted by Gasteiger charge is 2.28. The Morgan fingerprint density at radius 3 is 2.80 bits per heavy atom. The number of carbonyl (C=O) groups excluding carboxylic acids is 1. The lowest BCUT2D eigenvalue weighted by Gasteiger charge is -2.32. The molecule has 1 saturated heterocycles. The van der Waals surface area contributed by atoms with Crippen molar-refractivity contribution in [2.75, 3.05) is 40.3 Å². The molecule has 0 bridgehead atoms. The molecule has 1 aromatic rings. The van der Waals surface area contributed by atoms with Gasteiger partial charge in [-0.3, -0.25) is 0 Å². The maximum atomic E-state index is 12.6. The van der Waals surface area contributed by atoms with Crippen LogP contribution in [0.15, 0.2) is 18.2 Å². The van der Waals surface area contributed by atoms with Crippen LogP contribution < -0.4 is 10.1 Å². The van der Waals surface area contributed by atoms with E-state index in [9.17, 15) is 4.79 Å². The van der Waals surface area contributed by atoms with Crippen LogP contribution in [-0.2, 0) is 6.42 Å². The molecule has 25 heavy (non-hydrogen) atoms. The van der Waals surface area contributed by atoms with Gasteiger partial charge in [-0.2, -0.15) is 0 Å². The van der Waals surface area contributed by atoms with E-state index >= 15 is 0 Å². The predicted molar refractivity (Wildman–Crippen MR) is 100 cm³/mol. The number of hydrogen-bond acceptors (Lipinski definition) is 3. The fourth-order valence-corrected chi connectivity index (χ4v) is 4.04. The third-order valence-corrected chi connectivity index (χ3v) is 5.54. The summed E-state index contributed by atoms with van der Waals surface area (Å²) in [6, 6.07) is 6.31. The molecule has 3 rings (SSSR count). The highest BCUT2D eigenvalue weighted by molar-refractivity contribution is 5.74. The van der Waals surface area contributed by atoms with Crippen LogP contribution in [0.25, 0.3) is 0 Å². The van der Waals surface area contributed by atoms with Gasteiger partial charge in [-0.25, -0.2) is 4.79 Å². The van der Waals surface area contributed by atoms with E-state index in [1.807, 2.05) is 31.0 Å². The lowest BCUT2D eigenvalue weighted by molar-refractivity contribution is 0.168. The Hall–Kier alpha value is -1.75. The van der Waals surface area contributed by atoms with Crippen LogP contribution in [0.1, 0.15) is 43.4 Å². The zero-order valence-corrected chi connectivity index (χ0v) is 15.8. The summed E-state index contributed by atoms with van der Waals surface area (Å²) in [7, 11) is 4.08. The molecule has 1 fully saturated rings. The van der Waals surface area contributed by atoms with Crippen LogP contribution in [0.5, 0.6) is 5.75 Å². The number of benzene rings is 1. The monoisotopic (exact) mass is 345 g/mol. The first kappa shape index (κ1) is 18.1. The Morgan fingerprint density at radius 2 is 2.08 bits per heavy atom. The van der Waals surface area contributed by atoms with Crippen LogP contribution >= 0.6 is 0 Å². The number of fused-ring (bicyclic) bond motifs is 1. The van der Waals surface area contributed by atoms with E-state index in [4.69, 9.17) is 4.74 Å². The average Bonchev–Trinajstić information content (AvgIpc) is 3.01. The molecule has 2 amide bonds. The van der Waals surface area contributed by atoms with E-state index < -0.39 is 0 Å². The zero-order valence-electron chi connectivity index (χ0n) is 15.8. The molecule has 0 spiro atoms. The second-order valence-corrected chi connectivity index (χ2v) is 7.42. The zero-order chi connectivity index (χ0) is 17.8. The second kappa shape index (κ2) is 8.09. The Labute approximate surface area is 151 Å². The molecule has 5 nitrogen and oxygen atoms in total. The quantitative estimate of drug-likeness (QED) is 0.892. The molecule has 1 heterocycles. The van der Waals surface area contributed by atoms with Gasteiger partial charge in [0.2, 0.25) is 0 Å². The van der Waals surface area contributed by atoms with Crippen molar-refractivity contribution in [3.8, 4) is 5.75 Å². The van der Waals surface area contributed by atoms with E-state index in [2.05, 4.69) is 23.3 Å². The number of likely N-dealkylation sites (tertiary alicyclic amines) is 1. The molecule has 1 aliphatic carbocycles. The van der Waals surface area contributed by atoms with E-state index in [-0.39, 0.29) is 12.1 Å². The summed E-state index contributed by atoms with van der Waals surface area (Å²) >= 11 is 0. The highest BCUT2D eigenvalue weighted by Crippen LogP contribution is 2.37. The maximum Gasteiger partial charge on any atom is 0.317 e. The lowest BCUT2D eigenvalue weighted by Crippen LogP contribution is -2.43. The van der Waals surface area contributed by atoms with Crippen LogP contribution in [0.4, 0.5) is 4.79 Å². The Bertz CT molecular complexity index is 597. The highest BCUT2D eigenvalue weighted by atomic mass is 16.5. The molecular formula is C20H31N3O2. The van der Waals surface area contributed by atoms with Crippen LogP contribution in [0.3, 0.4) is 0 Å². The number of hydrogen-bond donors (Lipinski definition) is 1. The van der Waals surface area contributed by atoms with Crippen molar-refractivity contribution in [3.63, 3.8) is 0 Å². The minimum Gasteiger partial charge on any atom is -0.494 e. The van der Waals surface area contributed by atoms with Gasteiger partial charge in [0.1, 0.15) is 5.75 Å². The molecule has 0 radical (unpaired) electrons. The summed E-state index contributed by atoms with van der Waals surface area (Å²) in [5, 5.41) is 3.22. The van der Waals surface area contributed by atoms with Gasteiger partial charge in [-0.05, 0) is 75.9 Å². The van der Waals surface area contributed by atoms with Gasteiger partial charge in [0.05, 0.1) is 12.6 Å². The third-order valence-electron chi connectivity index (χ3n) is 5.54. The number of nitrogens with zero attached hydrogens (tertiary/aromatic N) is 2. The number of ether oxygens (including phenoxy) is 1. The third kappa shape index (κ3) is 4.27. The van der Waals surface area contributed by atoms with Crippen molar-refractivity contribution < 1.29 is 9.53 Å². The Balaban J connectivity index is 1.56. The summed E-state index contributed by atoms with van der Waals surface area (Å²) in [6.45, 7) is 5.79. The van der Waals surface area contributed by atoms with Crippen molar-refractivity contribution >= 4 is 6.03 Å². The molecule has 0 saturated carbocycles. The predicted octanol–water partition coefficient (Wildman–Crippen LogP) is 3.06. The van der Waals surface area contributed by atoms with Crippen LogP contribution in [-0.4, -0.2) is 56.2 Å². The minimum atomic E-state index is 0.0404. The fourth-order valence-electron chi connectivity index (χ4n) is 4.04. The van der Waals surface area contributed by atoms with Gasteiger partial charge in [0.25, 0.3) is 0 Å². The molecule has 1 aliphatic heterocycles. The van der Waals surface area contributed by atoms with Crippen LogP contribution in [0, 0.1) is 5.92 Å².